The van der Waals surface area contributed by atoms with Crippen molar-refractivity contribution in [3.63, 3.8) is 0 Å². The highest BCUT2D eigenvalue weighted by atomic mass is 16.5. The topological polar surface area (TPSA) is 59.0 Å². The zero-order chi connectivity index (χ0) is 17.1. The van der Waals surface area contributed by atoms with Crippen LogP contribution in [0.25, 0.3) is 0 Å². The maximum atomic E-state index is 12.7. The monoisotopic (exact) mass is 322 g/mol. The molecular weight excluding hydrogens is 304 g/mol. The summed E-state index contributed by atoms with van der Waals surface area (Å²) in [6, 6.07) is 15.9. The van der Waals surface area contributed by atoms with Crippen LogP contribution >= 0.6 is 0 Å². The summed E-state index contributed by atoms with van der Waals surface area (Å²) in [6.07, 6.45) is 0. The number of benzene rings is 2. The van der Waals surface area contributed by atoms with Gasteiger partial charge in [0, 0.05) is 5.56 Å². The lowest BCUT2D eigenvalue weighted by Crippen LogP contribution is -2.32. The maximum Gasteiger partial charge on any atom is 0.264 e. The van der Waals surface area contributed by atoms with Gasteiger partial charge in [-0.25, -0.2) is 0 Å². The van der Waals surface area contributed by atoms with E-state index < -0.39 is 5.92 Å². The molecule has 0 N–H and O–H groups in total. The van der Waals surface area contributed by atoms with Crippen molar-refractivity contribution in [2.24, 2.45) is 11.0 Å². The number of hydrazone groups is 1. The smallest absolute Gasteiger partial charge is 0.264 e. The molecule has 1 aliphatic rings. The van der Waals surface area contributed by atoms with Crippen molar-refractivity contribution in [3.05, 3.63) is 60.2 Å². The van der Waals surface area contributed by atoms with Crippen molar-refractivity contribution in [3.8, 4) is 5.75 Å². The van der Waals surface area contributed by atoms with Crippen LogP contribution in [0.1, 0.15) is 24.2 Å². The van der Waals surface area contributed by atoms with E-state index in [9.17, 15) is 9.59 Å². The summed E-state index contributed by atoms with van der Waals surface area (Å²) in [4.78, 5) is 25.4. The molecule has 1 amide bonds. The Hall–Kier alpha value is -2.95. The second-order valence-corrected chi connectivity index (χ2v) is 5.48. The summed E-state index contributed by atoms with van der Waals surface area (Å²) in [5.41, 5.74) is 1.63. The number of hydrogen-bond acceptors (Lipinski definition) is 4. The van der Waals surface area contributed by atoms with Crippen LogP contribution in [0.5, 0.6) is 5.75 Å². The number of ether oxygens (including phenoxy) is 1. The van der Waals surface area contributed by atoms with Crippen LogP contribution in [-0.4, -0.2) is 24.0 Å². The highest BCUT2D eigenvalue weighted by molar-refractivity contribution is 6.30. The maximum absolute atomic E-state index is 12.7. The lowest BCUT2D eigenvalue weighted by atomic mass is 9.93. The van der Waals surface area contributed by atoms with Crippen LogP contribution in [-0.2, 0) is 4.79 Å². The van der Waals surface area contributed by atoms with Gasteiger partial charge < -0.3 is 4.74 Å². The lowest BCUT2D eigenvalue weighted by Gasteiger charge is -2.14. The quantitative estimate of drug-likeness (QED) is 0.627. The number of rotatable bonds is 5. The van der Waals surface area contributed by atoms with E-state index in [1.54, 1.807) is 43.3 Å². The molecule has 1 atom stereocenters. The van der Waals surface area contributed by atoms with E-state index in [1.165, 1.54) is 5.01 Å². The number of ketones is 1. The minimum Gasteiger partial charge on any atom is -0.494 e. The van der Waals surface area contributed by atoms with Crippen molar-refractivity contribution >= 4 is 23.1 Å². The number of carbonyl (C=O) groups is 2. The standard InChI is InChI=1S/C19H18N2O3/c1-3-24-16-11-9-14(10-12-16)18(22)17-13(2)20-21(19(17)23)15-7-5-4-6-8-15/h4-12,17H,3H2,1-2H3/t17-/m0/s1. The van der Waals surface area contributed by atoms with Crippen molar-refractivity contribution in [2.45, 2.75) is 13.8 Å². The van der Waals surface area contributed by atoms with E-state index in [0.29, 0.717) is 29.3 Å². The van der Waals surface area contributed by atoms with Crippen molar-refractivity contribution in [2.75, 3.05) is 11.6 Å². The molecule has 2 aromatic rings. The van der Waals surface area contributed by atoms with Gasteiger partial charge in [0.2, 0.25) is 0 Å². The average Bonchev–Trinajstić information content (AvgIpc) is 2.90. The summed E-state index contributed by atoms with van der Waals surface area (Å²) in [6.45, 7) is 4.17. The molecule has 0 radical (unpaired) electrons. The lowest BCUT2D eigenvalue weighted by molar-refractivity contribution is -0.118. The molecule has 3 rings (SSSR count). The Labute approximate surface area is 140 Å². The SMILES string of the molecule is CCOc1ccc(C(=O)[C@H]2C(=O)N(c3ccccc3)N=C2C)cc1. The summed E-state index contributed by atoms with van der Waals surface area (Å²) in [5.74, 6) is -0.744. The highest BCUT2D eigenvalue weighted by Gasteiger charge is 2.39. The van der Waals surface area contributed by atoms with Gasteiger partial charge in [0.05, 0.1) is 18.0 Å². The molecule has 0 saturated heterocycles. The van der Waals surface area contributed by atoms with Gasteiger partial charge in [0.1, 0.15) is 11.7 Å². The normalized spacial score (nSPS) is 16.9. The Kier molecular flexibility index (Phi) is 4.42. The molecule has 0 aromatic heterocycles. The van der Waals surface area contributed by atoms with E-state index in [4.69, 9.17) is 4.74 Å². The van der Waals surface area contributed by atoms with E-state index in [-0.39, 0.29) is 11.7 Å². The number of nitrogens with zero attached hydrogens (tertiary/aromatic N) is 2. The average molecular weight is 322 g/mol. The molecule has 2 aromatic carbocycles. The van der Waals surface area contributed by atoms with Gasteiger partial charge in [-0.05, 0) is 50.2 Å². The third-order valence-electron chi connectivity index (χ3n) is 3.84. The predicted molar refractivity (Wildman–Crippen MR) is 92.5 cm³/mol. The number of hydrogen-bond donors (Lipinski definition) is 0. The first kappa shape index (κ1) is 15.9. The van der Waals surface area contributed by atoms with Crippen LogP contribution in [0.3, 0.4) is 0 Å². The minimum atomic E-state index is -0.872. The second kappa shape index (κ2) is 6.66. The molecule has 122 valence electrons. The molecule has 0 fully saturated rings. The highest BCUT2D eigenvalue weighted by Crippen LogP contribution is 2.26. The Morgan fingerprint density at radius 3 is 2.42 bits per heavy atom. The van der Waals surface area contributed by atoms with Crippen molar-refractivity contribution in [1.29, 1.82) is 0 Å². The van der Waals surface area contributed by atoms with Gasteiger partial charge >= 0.3 is 0 Å². The summed E-state index contributed by atoms with van der Waals surface area (Å²) >= 11 is 0. The van der Waals surface area contributed by atoms with E-state index >= 15 is 0 Å². The van der Waals surface area contributed by atoms with Crippen LogP contribution in [0, 0.1) is 5.92 Å². The van der Waals surface area contributed by atoms with Crippen LogP contribution in [0.4, 0.5) is 5.69 Å². The van der Waals surface area contributed by atoms with Crippen LogP contribution in [0.15, 0.2) is 59.7 Å². The Morgan fingerprint density at radius 1 is 1.12 bits per heavy atom. The first-order valence-corrected chi connectivity index (χ1v) is 7.83. The van der Waals surface area contributed by atoms with Gasteiger partial charge in [0.15, 0.2) is 5.78 Å². The molecule has 0 saturated carbocycles. The Morgan fingerprint density at radius 2 is 1.79 bits per heavy atom. The first-order valence-electron chi connectivity index (χ1n) is 7.83. The molecule has 0 bridgehead atoms. The van der Waals surface area contributed by atoms with E-state index in [2.05, 4.69) is 5.10 Å². The van der Waals surface area contributed by atoms with Crippen LogP contribution in [0.2, 0.25) is 0 Å². The summed E-state index contributed by atoms with van der Waals surface area (Å²) in [5, 5.41) is 5.57. The zero-order valence-electron chi connectivity index (χ0n) is 13.6. The molecule has 1 heterocycles. The second-order valence-electron chi connectivity index (χ2n) is 5.48. The fraction of sp³-hybridized carbons (Fsp3) is 0.211. The van der Waals surface area contributed by atoms with Gasteiger partial charge in [0.25, 0.3) is 5.91 Å². The summed E-state index contributed by atoms with van der Waals surface area (Å²) in [7, 11) is 0. The molecule has 24 heavy (non-hydrogen) atoms. The van der Waals surface area contributed by atoms with Gasteiger partial charge in [-0.3, -0.25) is 9.59 Å². The zero-order valence-corrected chi connectivity index (χ0v) is 13.6. The molecule has 0 unspecified atom stereocenters. The fourth-order valence-electron chi connectivity index (χ4n) is 2.67. The van der Waals surface area contributed by atoms with Crippen molar-refractivity contribution < 1.29 is 14.3 Å². The van der Waals surface area contributed by atoms with Gasteiger partial charge in [-0.2, -0.15) is 10.1 Å². The van der Waals surface area contributed by atoms with Gasteiger partial charge in [-0.15, -0.1) is 0 Å². The predicted octanol–water partition coefficient (Wildman–Crippen LogP) is 3.31. The third-order valence-corrected chi connectivity index (χ3v) is 3.84. The van der Waals surface area contributed by atoms with Crippen LogP contribution < -0.4 is 9.75 Å². The molecule has 5 nitrogen and oxygen atoms in total. The molecule has 0 aliphatic carbocycles. The number of para-hydroxylation sites is 1. The van der Waals surface area contributed by atoms with Gasteiger partial charge in [-0.1, -0.05) is 18.2 Å². The number of carbonyl (C=O) groups excluding carboxylic acids is 2. The van der Waals surface area contributed by atoms with E-state index in [1.807, 2.05) is 25.1 Å². The molecular formula is C19H18N2O3. The summed E-state index contributed by atoms with van der Waals surface area (Å²) < 4.78 is 5.37. The molecule has 0 spiro atoms. The number of amides is 1. The largest absolute Gasteiger partial charge is 0.494 e. The Balaban J connectivity index is 1.83. The minimum absolute atomic E-state index is 0.247. The van der Waals surface area contributed by atoms with Crippen molar-refractivity contribution in [1.82, 2.24) is 0 Å². The fourth-order valence-corrected chi connectivity index (χ4v) is 2.67. The first-order chi connectivity index (χ1) is 11.6. The Bertz CT molecular complexity index is 782. The number of anilines is 1. The van der Waals surface area contributed by atoms with E-state index in [0.717, 1.165) is 0 Å². The third kappa shape index (κ3) is 2.93. The molecule has 1 aliphatic heterocycles. The number of Topliss-reactive ketones (excluding diaryl/α,β-unsaturated/α-hetero) is 1. The molecule has 5 heteroatoms.